The first-order valence-electron chi connectivity index (χ1n) is 6.29. The van der Waals surface area contributed by atoms with Gasteiger partial charge in [-0.05, 0) is 30.7 Å². The molecule has 0 aliphatic carbocycles. The highest BCUT2D eigenvalue weighted by Crippen LogP contribution is 2.24. The Labute approximate surface area is 118 Å². The van der Waals surface area contributed by atoms with Crippen LogP contribution in [-0.2, 0) is 0 Å². The molecular formula is C15H18N4O. The number of rotatable bonds is 4. The Hall–Kier alpha value is -2.43. The summed E-state index contributed by atoms with van der Waals surface area (Å²) in [4.78, 5) is 6.13. The molecule has 0 saturated carbocycles. The Morgan fingerprint density at radius 1 is 1.20 bits per heavy atom. The lowest BCUT2D eigenvalue weighted by molar-refractivity contribution is 0.415. The van der Waals surface area contributed by atoms with Gasteiger partial charge < -0.3 is 9.64 Å². The van der Waals surface area contributed by atoms with Gasteiger partial charge in [-0.1, -0.05) is 12.1 Å². The summed E-state index contributed by atoms with van der Waals surface area (Å²) in [6.45, 7) is 1.97. The third kappa shape index (κ3) is 3.32. The third-order valence-corrected chi connectivity index (χ3v) is 2.73. The van der Waals surface area contributed by atoms with Crippen LogP contribution in [0.15, 0.2) is 35.3 Å². The van der Waals surface area contributed by atoms with Gasteiger partial charge in [-0.2, -0.15) is 0 Å². The fourth-order valence-corrected chi connectivity index (χ4v) is 1.70. The van der Waals surface area contributed by atoms with Crippen molar-refractivity contribution in [3.05, 3.63) is 35.9 Å². The van der Waals surface area contributed by atoms with Crippen LogP contribution < -0.4 is 4.74 Å². The molecule has 20 heavy (non-hydrogen) atoms. The minimum absolute atomic E-state index is 0.630. The lowest BCUT2D eigenvalue weighted by Crippen LogP contribution is -2.07. The second-order valence-electron chi connectivity index (χ2n) is 4.68. The van der Waals surface area contributed by atoms with Crippen LogP contribution >= 0.6 is 0 Å². The molecule has 1 aromatic carbocycles. The van der Waals surface area contributed by atoms with Crippen LogP contribution in [0.25, 0.3) is 11.3 Å². The molecule has 1 heterocycles. The summed E-state index contributed by atoms with van der Waals surface area (Å²) in [5, 5.41) is 8.39. The van der Waals surface area contributed by atoms with E-state index in [0.717, 1.165) is 22.6 Å². The predicted molar refractivity (Wildman–Crippen MR) is 80.6 cm³/mol. The number of benzene rings is 1. The van der Waals surface area contributed by atoms with Gasteiger partial charge in [0.15, 0.2) is 5.82 Å². The van der Waals surface area contributed by atoms with E-state index >= 15 is 0 Å². The summed E-state index contributed by atoms with van der Waals surface area (Å²) < 4.78 is 5.22. The molecule has 0 radical (unpaired) electrons. The molecular weight excluding hydrogens is 252 g/mol. The number of aryl methyl sites for hydroxylation is 1. The molecule has 2 rings (SSSR count). The van der Waals surface area contributed by atoms with Gasteiger partial charge in [0.2, 0.25) is 0 Å². The fourth-order valence-electron chi connectivity index (χ4n) is 1.70. The van der Waals surface area contributed by atoms with E-state index in [0.29, 0.717) is 5.82 Å². The van der Waals surface area contributed by atoms with E-state index in [1.807, 2.05) is 56.3 Å². The van der Waals surface area contributed by atoms with Crippen LogP contribution in [0.4, 0.5) is 5.82 Å². The van der Waals surface area contributed by atoms with E-state index in [4.69, 9.17) is 4.74 Å². The largest absolute Gasteiger partial charge is 0.497 e. The highest BCUT2D eigenvalue weighted by atomic mass is 16.5. The Bertz CT molecular complexity index is 623. The molecule has 0 aliphatic heterocycles. The molecule has 5 heteroatoms. The van der Waals surface area contributed by atoms with Crippen LogP contribution in [0.3, 0.4) is 0 Å². The lowest BCUT2D eigenvalue weighted by Gasteiger charge is -2.06. The van der Waals surface area contributed by atoms with Crippen LogP contribution in [-0.4, -0.2) is 42.6 Å². The van der Waals surface area contributed by atoms with E-state index in [1.165, 1.54) is 0 Å². The van der Waals surface area contributed by atoms with Crippen molar-refractivity contribution >= 4 is 12.2 Å². The molecule has 5 nitrogen and oxygen atoms in total. The Kier molecular flexibility index (Phi) is 4.30. The molecule has 2 aromatic rings. The van der Waals surface area contributed by atoms with E-state index in [1.54, 1.807) is 13.4 Å². The van der Waals surface area contributed by atoms with Crippen molar-refractivity contribution in [1.29, 1.82) is 0 Å². The number of hydrogen-bond donors (Lipinski definition) is 0. The second-order valence-corrected chi connectivity index (χ2v) is 4.68. The fraction of sp³-hybridized carbons (Fsp3) is 0.267. The molecule has 0 atom stereocenters. The summed E-state index contributed by atoms with van der Waals surface area (Å²) >= 11 is 0. The zero-order valence-electron chi connectivity index (χ0n) is 12.2. The van der Waals surface area contributed by atoms with Gasteiger partial charge in [0.1, 0.15) is 5.75 Å². The molecule has 0 N–H and O–H groups in total. The van der Waals surface area contributed by atoms with Crippen molar-refractivity contribution in [2.75, 3.05) is 21.2 Å². The minimum Gasteiger partial charge on any atom is -0.497 e. The molecule has 0 fully saturated rings. The summed E-state index contributed by atoms with van der Waals surface area (Å²) in [5.74, 6) is 1.43. The molecule has 104 valence electrons. The molecule has 0 amide bonds. The summed E-state index contributed by atoms with van der Waals surface area (Å²) in [6.07, 6.45) is 1.71. The maximum atomic E-state index is 5.22. The van der Waals surface area contributed by atoms with Crippen LogP contribution in [0.2, 0.25) is 0 Å². The van der Waals surface area contributed by atoms with Crippen molar-refractivity contribution in [3.8, 4) is 17.0 Å². The number of nitrogens with zero attached hydrogens (tertiary/aromatic N) is 4. The van der Waals surface area contributed by atoms with E-state index in [-0.39, 0.29) is 0 Å². The van der Waals surface area contributed by atoms with Crippen molar-refractivity contribution in [2.45, 2.75) is 6.92 Å². The molecule has 0 saturated heterocycles. The zero-order valence-corrected chi connectivity index (χ0v) is 12.2. The van der Waals surface area contributed by atoms with Crippen LogP contribution in [0.1, 0.15) is 5.56 Å². The lowest BCUT2D eigenvalue weighted by atomic mass is 10.1. The Morgan fingerprint density at radius 2 is 2.00 bits per heavy atom. The first kappa shape index (κ1) is 14.0. The smallest absolute Gasteiger partial charge is 0.178 e. The standard InChI is InChI=1S/C15H18N4O/c1-11-8-14(12-6-5-7-13(9-12)20-4)17-18-15(11)16-10-19(2)3/h5-10H,1-4H3/b16-10-. The number of ether oxygens (including phenoxy) is 1. The first-order chi connectivity index (χ1) is 9.60. The van der Waals surface area contributed by atoms with Gasteiger partial charge in [-0.3, -0.25) is 0 Å². The minimum atomic E-state index is 0.630. The zero-order chi connectivity index (χ0) is 14.5. The van der Waals surface area contributed by atoms with Crippen molar-refractivity contribution in [3.63, 3.8) is 0 Å². The first-order valence-corrected chi connectivity index (χ1v) is 6.29. The molecule has 0 bridgehead atoms. The normalized spacial score (nSPS) is 10.8. The Balaban J connectivity index is 2.32. The van der Waals surface area contributed by atoms with Gasteiger partial charge in [-0.25, -0.2) is 4.99 Å². The van der Waals surface area contributed by atoms with Crippen LogP contribution in [0.5, 0.6) is 5.75 Å². The average Bonchev–Trinajstić information content (AvgIpc) is 2.46. The van der Waals surface area contributed by atoms with Crippen molar-refractivity contribution in [2.24, 2.45) is 4.99 Å². The monoisotopic (exact) mass is 270 g/mol. The number of methoxy groups -OCH3 is 1. The van der Waals surface area contributed by atoms with E-state index < -0.39 is 0 Å². The van der Waals surface area contributed by atoms with Gasteiger partial charge in [0.25, 0.3) is 0 Å². The number of aliphatic imine (C=N–C) groups is 1. The van der Waals surface area contributed by atoms with Gasteiger partial charge in [0.05, 0.1) is 19.1 Å². The van der Waals surface area contributed by atoms with Gasteiger partial charge in [-0.15, -0.1) is 10.2 Å². The molecule has 0 unspecified atom stereocenters. The number of aromatic nitrogens is 2. The van der Waals surface area contributed by atoms with E-state index in [9.17, 15) is 0 Å². The Morgan fingerprint density at radius 3 is 2.65 bits per heavy atom. The van der Waals surface area contributed by atoms with Gasteiger partial charge >= 0.3 is 0 Å². The maximum Gasteiger partial charge on any atom is 0.178 e. The molecule has 1 aromatic heterocycles. The highest BCUT2D eigenvalue weighted by Gasteiger charge is 2.05. The quantitative estimate of drug-likeness (QED) is 0.633. The topological polar surface area (TPSA) is 50.6 Å². The summed E-state index contributed by atoms with van der Waals surface area (Å²) in [7, 11) is 5.48. The molecule has 0 aliphatic rings. The van der Waals surface area contributed by atoms with Crippen molar-refractivity contribution < 1.29 is 4.74 Å². The summed E-state index contributed by atoms with van der Waals surface area (Å²) in [6, 6.07) is 9.73. The highest BCUT2D eigenvalue weighted by molar-refractivity contribution is 5.65. The third-order valence-electron chi connectivity index (χ3n) is 2.73. The van der Waals surface area contributed by atoms with Crippen molar-refractivity contribution in [1.82, 2.24) is 15.1 Å². The van der Waals surface area contributed by atoms with E-state index in [2.05, 4.69) is 15.2 Å². The molecule has 0 spiro atoms. The maximum absolute atomic E-state index is 5.22. The number of hydrogen-bond acceptors (Lipinski definition) is 4. The van der Waals surface area contributed by atoms with Crippen LogP contribution in [0, 0.1) is 6.92 Å². The van der Waals surface area contributed by atoms with Gasteiger partial charge in [0, 0.05) is 19.7 Å². The average molecular weight is 270 g/mol. The SMILES string of the molecule is COc1cccc(-c2cc(C)c(/N=C\N(C)C)nn2)c1. The second kappa shape index (κ2) is 6.14. The predicted octanol–water partition coefficient (Wildman–Crippen LogP) is 2.68. The summed E-state index contributed by atoms with van der Waals surface area (Å²) in [5.41, 5.74) is 2.77.